The van der Waals surface area contributed by atoms with E-state index >= 15 is 0 Å². The monoisotopic (exact) mass is 275 g/mol. The van der Waals surface area contributed by atoms with Crippen molar-refractivity contribution in [2.75, 3.05) is 0 Å². The van der Waals surface area contributed by atoms with Gasteiger partial charge in [-0.2, -0.15) is 0 Å². The number of hydrogen-bond acceptors (Lipinski definition) is 3. The Morgan fingerprint density at radius 2 is 0.938 bits per heavy atom. The minimum absolute atomic E-state index is 1.75. The molecule has 1 aromatic heterocycles. The first-order valence-corrected chi connectivity index (χ1v) is 6.55. The van der Waals surface area contributed by atoms with Crippen LogP contribution < -0.4 is 0 Å². The van der Waals surface area contributed by atoms with Crippen molar-refractivity contribution in [3.8, 4) is 0 Å². The van der Waals surface area contributed by atoms with Gasteiger partial charge in [0.2, 0.25) is 0 Å². The van der Waals surface area contributed by atoms with Gasteiger partial charge in [0.25, 0.3) is 0 Å². The number of nitrogens with zero attached hydrogens (tertiary/aromatic N) is 1. The van der Waals surface area contributed by atoms with E-state index in [1.165, 1.54) is 0 Å². The summed E-state index contributed by atoms with van der Waals surface area (Å²) >= 11 is 0. The Morgan fingerprint density at radius 1 is 0.688 bits per heavy atom. The number of phosphoric acid groups is 2. The molecule has 0 aliphatic carbocycles. The number of pyridine rings is 1. The van der Waals surface area contributed by atoms with Crippen LogP contribution in [0, 0.1) is 0 Å². The third-order valence-corrected chi connectivity index (χ3v) is 0.566. The molecular formula is C5H11NO8P2. The number of aromatic nitrogens is 1. The molecule has 94 valence electrons. The van der Waals surface area contributed by atoms with Crippen molar-refractivity contribution in [1.82, 2.24) is 4.98 Å². The van der Waals surface area contributed by atoms with Gasteiger partial charge in [-0.1, -0.05) is 6.07 Å². The van der Waals surface area contributed by atoms with Crippen LogP contribution in [0.2, 0.25) is 0 Å². The van der Waals surface area contributed by atoms with Crippen LogP contribution in [0.3, 0.4) is 0 Å². The average Bonchev–Trinajstić information content (AvgIpc) is 2.01. The third kappa shape index (κ3) is 70.9. The van der Waals surface area contributed by atoms with Gasteiger partial charge in [-0.3, -0.25) is 4.98 Å². The van der Waals surface area contributed by atoms with Crippen LogP contribution in [0.5, 0.6) is 0 Å². The first-order chi connectivity index (χ1) is 7.00. The fourth-order valence-electron chi connectivity index (χ4n) is 0.313. The molecule has 16 heavy (non-hydrogen) atoms. The van der Waals surface area contributed by atoms with Gasteiger partial charge in [-0.05, 0) is 12.1 Å². The van der Waals surface area contributed by atoms with Gasteiger partial charge in [0, 0.05) is 12.4 Å². The van der Waals surface area contributed by atoms with Gasteiger partial charge < -0.3 is 29.4 Å². The summed E-state index contributed by atoms with van der Waals surface area (Å²) in [5.41, 5.74) is 0. The average molecular weight is 275 g/mol. The molecule has 0 saturated heterocycles. The highest BCUT2D eigenvalue weighted by Gasteiger charge is 2.00. The SMILES string of the molecule is O=P(O)(O)O.O=P(O)(O)O.c1ccncc1. The number of hydrogen-bond donors (Lipinski definition) is 6. The highest BCUT2D eigenvalue weighted by molar-refractivity contribution is 7.45. The summed E-state index contributed by atoms with van der Waals surface area (Å²) in [5, 5.41) is 0. The molecule has 0 amide bonds. The third-order valence-electron chi connectivity index (χ3n) is 0.566. The molecule has 0 saturated carbocycles. The topological polar surface area (TPSA) is 168 Å². The Morgan fingerprint density at radius 3 is 1.00 bits per heavy atom. The molecule has 0 spiro atoms. The molecule has 0 fully saturated rings. The molecule has 0 aliphatic rings. The predicted molar refractivity (Wildman–Crippen MR) is 52.8 cm³/mol. The van der Waals surface area contributed by atoms with E-state index in [2.05, 4.69) is 4.98 Å². The second kappa shape index (κ2) is 8.51. The lowest BCUT2D eigenvalue weighted by Gasteiger charge is -1.82. The van der Waals surface area contributed by atoms with Crippen LogP contribution in [0.1, 0.15) is 0 Å². The molecule has 1 rings (SSSR count). The van der Waals surface area contributed by atoms with Crippen molar-refractivity contribution in [3.05, 3.63) is 30.6 Å². The molecule has 9 nitrogen and oxygen atoms in total. The molecule has 0 aromatic carbocycles. The minimum atomic E-state index is -4.64. The van der Waals surface area contributed by atoms with Crippen molar-refractivity contribution >= 4 is 15.6 Å². The lowest BCUT2D eigenvalue weighted by Crippen LogP contribution is -1.66. The Kier molecular flexibility index (Phi) is 9.45. The van der Waals surface area contributed by atoms with Crippen LogP contribution >= 0.6 is 15.6 Å². The zero-order valence-electron chi connectivity index (χ0n) is 7.73. The minimum Gasteiger partial charge on any atom is -0.303 e. The molecule has 1 heterocycles. The van der Waals surface area contributed by atoms with Gasteiger partial charge >= 0.3 is 15.6 Å². The fourth-order valence-corrected chi connectivity index (χ4v) is 0.313. The van der Waals surface area contributed by atoms with Crippen LogP contribution in [0.15, 0.2) is 30.6 Å². The second-order valence-electron chi connectivity index (χ2n) is 2.05. The standard InChI is InChI=1S/C5H5N.2H3O4P/c1-2-4-6-5-3-1;2*1-5(2,3)4/h1-5H;2*(H3,1,2,3,4). The second-order valence-corrected chi connectivity index (χ2v) is 4.10. The number of rotatable bonds is 0. The first kappa shape index (κ1) is 17.8. The zero-order chi connectivity index (χ0) is 13.2. The van der Waals surface area contributed by atoms with Crippen LogP contribution in [0.25, 0.3) is 0 Å². The molecule has 0 radical (unpaired) electrons. The van der Waals surface area contributed by atoms with Gasteiger partial charge in [0.1, 0.15) is 0 Å². The molecule has 11 heteroatoms. The molecule has 1 aromatic rings. The summed E-state index contributed by atoms with van der Waals surface area (Å²) in [6, 6.07) is 5.72. The summed E-state index contributed by atoms with van der Waals surface area (Å²) in [5.74, 6) is 0. The summed E-state index contributed by atoms with van der Waals surface area (Å²) in [6.45, 7) is 0. The van der Waals surface area contributed by atoms with Crippen molar-refractivity contribution in [2.45, 2.75) is 0 Å². The van der Waals surface area contributed by atoms with E-state index in [0.29, 0.717) is 0 Å². The summed E-state index contributed by atoms with van der Waals surface area (Å²) in [6.07, 6.45) is 3.50. The molecular weight excluding hydrogens is 264 g/mol. The summed E-state index contributed by atoms with van der Waals surface area (Å²) in [7, 11) is -9.28. The maximum Gasteiger partial charge on any atom is 0.466 e. The maximum atomic E-state index is 8.88. The summed E-state index contributed by atoms with van der Waals surface area (Å²) in [4.78, 5) is 46.9. The molecule has 0 atom stereocenters. The summed E-state index contributed by atoms with van der Waals surface area (Å²) < 4.78 is 17.8. The van der Waals surface area contributed by atoms with Crippen LogP contribution in [0.4, 0.5) is 0 Å². The Hall–Kier alpha value is -0.630. The first-order valence-electron chi connectivity index (χ1n) is 3.41. The van der Waals surface area contributed by atoms with Crippen LogP contribution in [-0.4, -0.2) is 34.3 Å². The van der Waals surface area contributed by atoms with Gasteiger partial charge in [-0.15, -0.1) is 0 Å². The van der Waals surface area contributed by atoms with E-state index in [-0.39, 0.29) is 0 Å². The quantitative estimate of drug-likeness (QED) is 0.332. The van der Waals surface area contributed by atoms with E-state index in [1.807, 2.05) is 18.2 Å². The molecule has 0 unspecified atom stereocenters. The van der Waals surface area contributed by atoms with E-state index in [9.17, 15) is 0 Å². The zero-order valence-corrected chi connectivity index (χ0v) is 9.52. The van der Waals surface area contributed by atoms with Crippen molar-refractivity contribution in [3.63, 3.8) is 0 Å². The van der Waals surface area contributed by atoms with Crippen molar-refractivity contribution in [1.29, 1.82) is 0 Å². The normalized spacial score (nSPS) is 10.4. The van der Waals surface area contributed by atoms with E-state index in [0.717, 1.165) is 0 Å². The highest BCUT2D eigenvalue weighted by atomic mass is 31.2. The molecule has 0 bridgehead atoms. The smallest absolute Gasteiger partial charge is 0.303 e. The fraction of sp³-hybridized carbons (Fsp3) is 0. The van der Waals surface area contributed by atoms with Gasteiger partial charge in [0.15, 0.2) is 0 Å². The maximum absolute atomic E-state index is 8.88. The van der Waals surface area contributed by atoms with E-state index < -0.39 is 15.6 Å². The van der Waals surface area contributed by atoms with Crippen molar-refractivity contribution < 1.29 is 38.5 Å². The van der Waals surface area contributed by atoms with Crippen LogP contribution in [-0.2, 0) is 9.13 Å². The van der Waals surface area contributed by atoms with E-state index in [4.69, 9.17) is 38.5 Å². The van der Waals surface area contributed by atoms with Gasteiger partial charge in [-0.25, -0.2) is 9.13 Å². The Labute approximate surface area is 90.5 Å². The Balaban J connectivity index is 0. The van der Waals surface area contributed by atoms with Crippen molar-refractivity contribution in [2.24, 2.45) is 0 Å². The lowest BCUT2D eigenvalue weighted by atomic mass is 10.5. The lowest BCUT2D eigenvalue weighted by molar-refractivity contribution is 0.272. The Bertz CT molecular complexity index is 281. The van der Waals surface area contributed by atoms with Gasteiger partial charge in [0.05, 0.1) is 0 Å². The highest BCUT2D eigenvalue weighted by Crippen LogP contribution is 2.26. The largest absolute Gasteiger partial charge is 0.466 e. The molecule has 6 N–H and O–H groups in total. The predicted octanol–water partition coefficient (Wildman–Crippen LogP) is -0.776. The molecule has 0 aliphatic heterocycles. The van der Waals surface area contributed by atoms with E-state index in [1.54, 1.807) is 12.4 Å².